The van der Waals surface area contributed by atoms with Crippen LogP contribution in [0, 0.1) is 12.8 Å². The van der Waals surface area contributed by atoms with Crippen LogP contribution in [0.25, 0.3) is 10.6 Å². The lowest BCUT2D eigenvalue weighted by Gasteiger charge is -2.12. The van der Waals surface area contributed by atoms with E-state index < -0.39 is 5.92 Å². The minimum absolute atomic E-state index is 0.137. The number of carbonyl (C=O) groups excluding carboxylic acids is 2. The van der Waals surface area contributed by atoms with E-state index in [0.29, 0.717) is 21.4 Å². The third-order valence-corrected chi connectivity index (χ3v) is 6.12. The number of amides is 2. The molecule has 0 unspecified atom stereocenters. The number of nitrogens with one attached hydrogen (secondary N) is 1. The number of hydrogen-bond acceptors (Lipinski definition) is 7. The fourth-order valence-electron chi connectivity index (χ4n) is 2.56. The first-order valence-electron chi connectivity index (χ1n) is 8.88. The Hall–Kier alpha value is -2.85. The number of nitrogens with zero attached hydrogens (tertiary/aromatic N) is 4. The van der Waals surface area contributed by atoms with Gasteiger partial charge in [0.1, 0.15) is 10.6 Å². The zero-order chi connectivity index (χ0) is 21.1. The van der Waals surface area contributed by atoms with Crippen molar-refractivity contribution < 1.29 is 9.59 Å². The van der Waals surface area contributed by atoms with Gasteiger partial charge in [-0.15, -0.1) is 11.3 Å². The highest BCUT2D eigenvalue weighted by Crippen LogP contribution is 2.24. The molecular formula is C19H21N5O3S2. The van der Waals surface area contributed by atoms with E-state index in [2.05, 4.69) is 15.4 Å². The monoisotopic (exact) mass is 431 g/mol. The Morgan fingerprint density at radius 3 is 2.69 bits per heavy atom. The Balaban J connectivity index is 1.72. The summed E-state index contributed by atoms with van der Waals surface area (Å²) in [6.45, 7) is 3.58. The van der Waals surface area contributed by atoms with Crippen LogP contribution >= 0.6 is 22.7 Å². The van der Waals surface area contributed by atoms with Crippen molar-refractivity contribution in [2.24, 2.45) is 5.92 Å². The Morgan fingerprint density at radius 1 is 1.28 bits per heavy atom. The largest absolute Gasteiger partial charge is 0.344 e. The summed E-state index contributed by atoms with van der Waals surface area (Å²) in [7, 11) is 3.33. The van der Waals surface area contributed by atoms with Crippen LogP contribution in [0.2, 0.25) is 0 Å². The average Bonchev–Trinajstić information content (AvgIpc) is 3.32. The normalized spacial score (nSPS) is 11.9. The Kier molecular flexibility index (Phi) is 6.23. The third kappa shape index (κ3) is 4.77. The van der Waals surface area contributed by atoms with Crippen LogP contribution in [0.3, 0.4) is 0 Å². The number of aromatic nitrogens is 3. The number of thiophene rings is 1. The summed E-state index contributed by atoms with van der Waals surface area (Å²) in [6, 6.07) is 6.97. The minimum atomic E-state index is -0.518. The summed E-state index contributed by atoms with van der Waals surface area (Å²) < 4.78 is 1.30. The van der Waals surface area contributed by atoms with E-state index in [9.17, 15) is 14.4 Å². The Morgan fingerprint density at radius 2 is 2.03 bits per heavy atom. The maximum atomic E-state index is 12.6. The summed E-state index contributed by atoms with van der Waals surface area (Å²) in [5.41, 5.74) is 0.988. The van der Waals surface area contributed by atoms with E-state index in [0.717, 1.165) is 16.2 Å². The number of rotatable bonds is 6. The highest BCUT2D eigenvalue weighted by molar-refractivity contribution is 7.17. The molecule has 0 aromatic carbocycles. The summed E-state index contributed by atoms with van der Waals surface area (Å²) in [6.07, 6.45) is 0. The second-order valence-electron chi connectivity index (χ2n) is 6.74. The molecular weight excluding hydrogens is 410 g/mol. The zero-order valence-corrected chi connectivity index (χ0v) is 18.1. The quantitative estimate of drug-likeness (QED) is 0.647. The standard InChI is InChI=1S/C19H21N5O3S2/c1-11(10-24-15(25)8-7-13(22-24)14-6-5-9-28-14)17(26)21-19-20-12(2)16(29-19)18(27)23(3)4/h5-9,11H,10H2,1-4H3,(H,20,21,26)/t11-/m1/s1. The topological polar surface area (TPSA) is 97.2 Å². The second kappa shape index (κ2) is 8.66. The molecule has 10 heteroatoms. The van der Waals surface area contributed by atoms with Gasteiger partial charge in [-0.1, -0.05) is 24.3 Å². The predicted molar refractivity (Wildman–Crippen MR) is 114 cm³/mol. The summed E-state index contributed by atoms with van der Waals surface area (Å²) in [5, 5.41) is 9.41. The molecule has 0 spiro atoms. The molecule has 0 aliphatic rings. The fourth-order valence-corrected chi connectivity index (χ4v) is 4.24. The van der Waals surface area contributed by atoms with Gasteiger partial charge in [0.2, 0.25) is 5.91 Å². The molecule has 0 aliphatic carbocycles. The summed E-state index contributed by atoms with van der Waals surface area (Å²) >= 11 is 2.67. The van der Waals surface area contributed by atoms with Gasteiger partial charge in [-0.3, -0.25) is 14.4 Å². The lowest BCUT2D eigenvalue weighted by atomic mass is 10.1. The van der Waals surface area contributed by atoms with Crippen LogP contribution in [-0.2, 0) is 11.3 Å². The molecule has 1 atom stereocenters. The van der Waals surface area contributed by atoms with Crippen molar-refractivity contribution in [3.8, 4) is 10.6 Å². The number of carbonyl (C=O) groups is 2. The summed E-state index contributed by atoms with van der Waals surface area (Å²) in [5.74, 6) is -0.969. The van der Waals surface area contributed by atoms with Crippen molar-refractivity contribution in [1.29, 1.82) is 0 Å². The van der Waals surface area contributed by atoms with E-state index in [4.69, 9.17) is 0 Å². The van der Waals surface area contributed by atoms with Gasteiger partial charge in [0, 0.05) is 20.2 Å². The van der Waals surface area contributed by atoms with Crippen molar-refractivity contribution >= 4 is 39.6 Å². The molecule has 0 saturated heterocycles. The van der Waals surface area contributed by atoms with Crippen molar-refractivity contribution in [3.05, 3.63) is 50.6 Å². The third-order valence-electron chi connectivity index (χ3n) is 4.16. The van der Waals surface area contributed by atoms with E-state index in [1.54, 1.807) is 34.0 Å². The van der Waals surface area contributed by atoms with Crippen LogP contribution in [-0.4, -0.2) is 45.6 Å². The lowest BCUT2D eigenvalue weighted by molar-refractivity contribution is -0.119. The van der Waals surface area contributed by atoms with Crippen molar-refractivity contribution in [2.75, 3.05) is 19.4 Å². The lowest BCUT2D eigenvalue weighted by Crippen LogP contribution is -2.30. The van der Waals surface area contributed by atoms with Crippen LogP contribution in [0.1, 0.15) is 22.3 Å². The van der Waals surface area contributed by atoms with Gasteiger partial charge in [-0.05, 0) is 24.4 Å². The second-order valence-corrected chi connectivity index (χ2v) is 8.69. The van der Waals surface area contributed by atoms with Crippen LogP contribution in [0.5, 0.6) is 0 Å². The first-order chi connectivity index (χ1) is 13.8. The highest BCUT2D eigenvalue weighted by Gasteiger charge is 2.21. The zero-order valence-electron chi connectivity index (χ0n) is 16.5. The van der Waals surface area contributed by atoms with Crippen LogP contribution in [0.4, 0.5) is 5.13 Å². The van der Waals surface area contributed by atoms with Crippen molar-refractivity contribution in [2.45, 2.75) is 20.4 Å². The molecule has 152 valence electrons. The molecule has 1 N–H and O–H groups in total. The molecule has 0 fully saturated rings. The van der Waals surface area contributed by atoms with Gasteiger partial charge >= 0.3 is 0 Å². The molecule has 3 aromatic heterocycles. The molecule has 0 saturated carbocycles. The molecule has 29 heavy (non-hydrogen) atoms. The maximum Gasteiger partial charge on any atom is 0.266 e. The van der Waals surface area contributed by atoms with Crippen LogP contribution in [0.15, 0.2) is 34.4 Å². The smallest absolute Gasteiger partial charge is 0.266 e. The van der Waals surface area contributed by atoms with Gasteiger partial charge in [-0.2, -0.15) is 5.10 Å². The summed E-state index contributed by atoms with van der Waals surface area (Å²) in [4.78, 5) is 44.1. The minimum Gasteiger partial charge on any atom is -0.344 e. The molecule has 0 aliphatic heterocycles. The first kappa shape index (κ1) is 20.9. The molecule has 3 rings (SSSR count). The number of anilines is 1. The number of hydrogen-bond donors (Lipinski definition) is 1. The van der Waals surface area contributed by atoms with E-state index >= 15 is 0 Å². The van der Waals surface area contributed by atoms with Gasteiger partial charge in [0.05, 0.1) is 23.0 Å². The molecule has 3 aromatic rings. The average molecular weight is 432 g/mol. The molecule has 3 heterocycles. The number of aryl methyl sites for hydroxylation is 1. The van der Waals surface area contributed by atoms with E-state index in [1.807, 2.05) is 17.5 Å². The van der Waals surface area contributed by atoms with E-state index in [1.165, 1.54) is 27.0 Å². The van der Waals surface area contributed by atoms with Gasteiger partial charge in [-0.25, -0.2) is 9.67 Å². The fraction of sp³-hybridized carbons (Fsp3) is 0.316. The van der Waals surface area contributed by atoms with E-state index in [-0.39, 0.29) is 23.9 Å². The van der Waals surface area contributed by atoms with Crippen molar-refractivity contribution in [1.82, 2.24) is 19.7 Å². The van der Waals surface area contributed by atoms with Gasteiger partial charge in [0.15, 0.2) is 5.13 Å². The molecule has 0 bridgehead atoms. The first-order valence-corrected chi connectivity index (χ1v) is 10.6. The van der Waals surface area contributed by atoms with Gasteiger partial charge < -0.3 is 10.2 Å². The van der Waals surface area contributed by atoms with Crippen LogP contribution < -0.4 is 10.9 Å². The SMILES string of the molecule is Cc1nc(NC(=O)[C@H](C)Cn2nc(-c3cccs3)ccc2=O)sc1C(=O)N(C)C. The molecule has 0 radical (unpaired) electrons. The Labute approximate surface area is 175 Å². The van der Waals surface area contributed by atoms with Gasteiger partial charge in [0.25, 0.3) is 11.5 Å². The van der Waals surface area contributed by atoms with Crippen molar-refractivity contribution in [3.63, 3.8) is 0 Å². The highest BCUT2D eigenvalue weighted by atomic mass is 32.1. The maximum absolute atomic E-state index is 12.6. The number of thiazole rings is 1. The molecule has 8 nitrogen and oxygen atoms in total. The predicted octanol–water partition coefficient (Wildman–Crippen LogP) is 2.71. The Bertz CT molecular complexity index is 1090. The molecule has 2 amide bonds.